The lowest BCUT2D eigenvalue weighted by atomic mass is 9.50. The molecule has 4 heterocycles. The van der Waals surface area contributed by atoms with Gasteiger partial charge in [-0.15, -0.1) is 0 Å². The van der Waals surface area contributed by atoms with Gasteiger partial charge in [0.05, 0.1) is 35.9 Å². The fourth-order valence-corrected chi connectivity index (χ4v) is 6.94. The molecule has 29 heavy (non-hydrogen) atoms. The molecule has 2 spiro atoms. The first-order valence-electron chi connectivity index (χ1n) is 9.52. The van der Waals surface area contributed by atoms with E-state index in [4.69, 9.17) is 18.9 Å². The number of hydrogen-bond donors (Lipinski definition) is 3. The van der Waals surface area contributed by atoms with Crippen molar-refractivity contribution in [2.45, 2.75) is 56.6 Å². The number of hydrogen-bond acceptors (Lipinski definition) is 10. The summed E-state index contributed by atoms with van der Waals surface area (Å²) >= 11 is 0. The summed E-state index contributed by atoms with van der Waals surface area (Å²) in [4.78, 5) is 38.3. The summed E-state index contributed by atoms with van der Waals surface area (Å²) in [7, 11) is 0. The standard InChI is InChI=1S/C19H22O10/c1-6(2)10-11(22)13-18-12(23)8(5-20)26-14(24)7(3)19(18,15(25)28-13)29-16-17(10,18)4-9(21)27-16/h7-8,10-13,16,20,22-23H,1,4-5H2,2-3H3/t7-,8?,10-,11-,12+,13?,16?,17?,18?,19?/m1/s1. The lowest BCUT2D eigenvalue weighted by Gasteiger charge is -2.46. The molecule has 10 heteroatoms. The summed E-state index contributed by atoms with van der Waals surface area (Å²) < 4.78 is 22.2. The van der Waals surface area contributed by atoms with Crippen LogP contribution < -0.4 is 0 Å². The van der Waals surface area contributed by atoms with E-state index in [0.717, 1.165) is 0 Å². The molecule has 10 nitrogen and oxygen atoms in total. The Morgan fingerprint density at radius 3 is 2.52 bits per heavy atom. The summed E-state index contributed by atoms with van der Waals surface area (Å²) in [6, 6.07) is 0. The Kier molecular flexibility index (Phi) is 3.51. The van der Waals surface area contributed by atoms with Gasteiger partial charge in [0.1, 0.15) is 12.2 Å². The van der Waals surface area contributed by atoms with Gasteiger partial charge in [0.2, 0.25) is 6.29 Å². The third-order valence-electron chi connectivity index (χ3n) is 7.73. The lowest BCUT2D eigenvalue weighted by Crippen LogP contribution is -2.65. The third-order valence-corrected chi connectivity index (χ3v) is 7.73. The van der Waals surface area contributed by atoms with Gasteiger partial charge in [0.15, 0.2) is 11.7 Å². The first-order valence-corrected chi connectivity index (χ1v) is 9.52. The number of ether oxygens (including phenoxy) is 4. The Morgan fingerprint density at radius 2 is 1.90 bits per heavy atom. The van der Waals surface area contributed by atoms with Crippen molar-refractivity contribution in [3.05, 3.63) is 12.2 Å². The minimum absolute atomic E-state index is 0.280. The van der Waals surface area contributed by atoms with E-state index in [9.17, 15) is 29.7 Å². The Labute approximate surface area is 165 Å². The van der Waals surface area contributed by atoms with E-state index in [0.29, 0.717) is 5.57 Å². The minimum atomic E-state index is -2.05. The van der Waals surface area contributed by atoms with Crippen LogP contribution in [0.25, 0.3) is 0 Å². The Hall–Kier alpha value is -2.01. The summed E-state index contributed by atoms with van der Waals surface area (Å²) in [5.74, 6) is -4.51. The first-order chi connectivity index (χ1) is 13.6. The Bertz CT molecular complexity index is 854. The number of aliphatic hydroxyl groups excluding tert-OH is 3. The van der Waals surface area contributed by atoms with Gasteiger partial charge in [-0.1, -0.05) is 12.2 Å². The van der Waals surface area contributed by atoms with Crippen molar-refractivity contribution >= 4 is 17.9 Å². The molecule has 0 aromatic heterocycles. The van der Waals surface area contributed by atoms with E-state index in [1.165, 1.54) is 6.92 Å². The van der Waals surface area contributed by atoms with Gasteiger partial charge in [-0.2, -0.15) is 0 Å². The average molecular weight is 410 g/mol. The monoisotopic (exact) mass is 410 g/mol. The van der Waals surface area contributed by atoms with Gasteiger partial charge < -0.3 is 34.3 Å². The summed E-state index contributed by atoms with van der Waals surface area (Å²) in [6.45, 7) is 6.25. The zero-order valence-corrected chi connectivity index (χ0v) is 15.9. The largest absolute Gasteiger partial charge is 0.457 e. The fourth-order valence-electron chi connectivity index (χ4n) is 6.94. The van der Waals surface area contributed by atoms with E-state index >= 15 is 0 Å². The van der Waals surface area contributed by atoms with Crippen LogP contribution in [0.1, 0.15) is 20.3 Å². The van der Waals surface area contributed by atoms with Crippen molar-refractivity contribution in [3.8, 4) is 0 Å². The van der Waals surface area contributed by atoms with Gasteiger partial charge >= 0.3 is 17.9 Å². The number of esters is 3. The highest BCUT2D eigenvalue weighted by Crippen LogP contribution is 2.79. The number of cyclic esters (lactones) is 1. The SMILES string of the molecule is C=C(C)[C@@H]1[C@@H](O)C2OC(=O)C34OC5OC(=O)CC51C23[C@@H](O)C(CO)OC(=O)[C@H]4C. The van der Waals surface area contributed by atoms with Gasteiger partial charge in [-0.05, 0) is 13.8 Å². The zero-order chi connectivity index (χ0) is 21.1. The average Bonchev–Trinajstić information content (AvgIpc) is 3.24. The highest BCUT2D eigenvalue weighted by molar-refractivity contribution is 5.93. The lowest BCUT2D eigenvalue weighted by molar-refractivity contribution is -0.206. The van der Waals surface area contributed by atoms with Gasteiger partial charge in [0.25, 0.3) is 0 Å². The van der Waals surface area contributed by atoms with Crippen LogP contribution in [0, 0.1) is 22.7 Å². The van der Waals surface area contributed by atoms with Crippen LogP contribution in [0.5, 0.6) is 0 Å². The van der Waals surface area contributed by atoms with Crippen LogP contribution in [-0.4, -0.2) is 76.1 Å². The summed E-state index contributed by atoms with van der Waals surface area (Å²) in [5.41, 5.74) is -4.76. The number of carbonyl (C=O) groups is 3. The van der Waals surface area contributed by atoms with Crippen LogP contribution in [0.15, 0.2) is 12.2 Å². The molecular weight excluding hydrogens is 388 g/mol. The molecule has 0 aromatic rings. The maximum atomic E-state index is 13.2. The van der Waals surface area contributed by atoms with E-state index in [1.807, 2.05) is 0 Å². The maximum Gasteiger partial charge on any atom is 0.340 e. The molecule has 1 saturated carbocycles. The predicted octanol–water partition coefficient (Wildman–Crippen LogP) is -1.59. The van der Waals surface area contributed by atoms with Crippen LogP contribution in [0.4, 0.5) is 0 Å². The molecule has 158 valence electrons. The van der Waals surface area contributed by atoms with Crippen molar-refractivity contribution in [1.82, 2.24) is 0 Å². The van der Waals surface area contributed by atoms with Crippen molar-refractivity contribution < 1.29 is 48.7 Å². The molecule has 3 N–H and O–H groups in total. The predicted molar refractivity (Wildman–Crippen MR) is 89.5 cm³/mol. The molecule has 0 amide bonds. The van der Waals surface area contributed by atoms with Gasteiger partial charge in [0, 0.05) is 5.92 Å². The van der Waals surface area contributed by atoms with E-state index in [-0.39, 0.29) is 6.42 Å². The van der Waals surface area contributed by atoms with Crippen molar-refractivity contribution in [1.29, 1.82) is 0 Å². The molecule has 5 aliphatic rings. The van der Waals surface area contributed by atoms with Crippen molar-refractivity contribution in [2.24, 2.45) is 22.7 Å². The second-order valence-electron chi connectivity index (χ2n) is 8.73. The molecular formula is C19H22O10. The van der Waals surface area contributed by atoms with Crippen molar-refractivity contribution in [3.63, 3.8) is 0 Å². The quantitative estimate of drug-likeness (QED) is 0.276. The third kappa shape index (κ3) is 1.62. The molecule has 10 atom stereocenters. The molecule has 0 radical (unpaired) electrons. The summed E-state index contributed by atoms with van der Waals surface area (Å²) in [6.07, 6.45) is -7.29. The molecule has 5 fully saturated rings. The number of aliphatic hydroxyl groups is 3. The maximum absolute atomic E-state index is 13.2. The molecule has 1 aliphatic carbocycles. The van der Waals surface area contributed by atoms with E-state index in [2.05, 4.69) is 6.58 Å². The van der Waals surface area contributed by atoms with Crippen molar-refractivity contribution in [2.75, 3.05) is 6.61 Å². The Balaban J connectivity index is 1.89. The minimum Gasteiger partial charge on any atom is -0.457 e. The molecule has 0 aromatic carbocycles. The van der Waals surface area contributed by atoms with Gasteiger partial charge in [-0.25, -0.2) is 4.79 Å². The van der Waals surface area contributed by atoms with Crippen LogP contribution in [-0.2, 0) is 33.3 Å². The zero-order valence-electron chi connectivity index (χ0n) is 15.9. The molecule has 5 rings (SSSR count). The molecule has 4 saturated heterocycles. The second-order valence-corrected chi connectivity index (χ2v) is 8.73. The fraction of sp³-hybridized carbons (Fsp3) is 0.737. The van der Waals surface area contributed by atoms with E-state index < -0.39 is 83.5 Å². The van der Waals surface area contributed by atoms with Crippen LogP contribution in [0.3, 0.4) is 0 Å². The molecule has 0 bridgehead atoms. The normalized spacial score (nSPS) is 54.8. The van der Waals surface area contributed by atoms with E-state index in [1.54, 1.807) is 6.92 Å². The highest BCUT2D eigenvalue weighted by Gasteiger charge is 2.96. The second kappa shape index (κ2) is 5.37. The van der Waals surface area contributed by atoms with Gasteiger partial charge in [-0.3, -0.25) is 9.59 Å². The van der Waals surface area contributed by atoms with Crippen LogP contribution in [0.2, 0.25) is 0 Å². The van der Waals surface area contributed by atoms with Crippen LogP contribution >= 0.6 is 0 Å². The Morgan fingerprint density at radius 1 is 1.21 bits per heavy atom. The topological polar surface area (TPSA) is 149 Å². The number of rotatable bonds is 2. The summed E-state index contributed by atoms with van der Waals surface area (Å²) in [5, 5.41) is 32.5. The molecule has 4 aliphatic heterocycles. The smallest absolute Gasteiger partial charge is 0.340 e. The number of carbonyl (C=O) groups excluding carboxylic acids is 3. The highest BCUT2D eigenvalue weighted by atomic mass is 16.7. The first kappa shape index (κ1) is 19.0. The molecule has 6 unspecified atom stereocenters.